The number of alkyl halides is 11. The summed E-state index contributed by atoms with van der Waals surface area (Å²) in [5.74, 6) is -28.2. The highest BCUT2D eigenvalue weighted by Crippen LogP contribution is 2.61. The Bertz CT molecular complexity index is 413. The molecule has 0 rings (SSSR count). The second-order valence-electron chi connectivity index (χ2n) is 4.11. The van der Waals surface area contributed by atoms with E-state index in [2.05, 4.69) is 0 Å². The molecule has 134 valence electrons. The zero-order valence-corrected chi connectivity index (χ0v) is 13.1. The second-order valence-corrected chi connectivity index (χ2v) is 13.2. The Morgan fingerprint density at radius 3 is 1.18 bits per heavy atom. The summed E-state index contributed by atoms with van der Waals surface area (Å²) in [4.78, 5) is 0. The summed E-state index contributed by atoms with van der Waals surface area (Å²) in [6.07, 6.45) is -7.21. The van der Waals surface area contributed by atoms with E-state index < -0.39 is 41.4 Å². The molecule has 0 saturated heterocycles. The summed E-state index contributed by atoms with van der Waals surface area (Å²) >= 11 is 14.8. The average Bonchev–Trinajstić information content (AvgIpc) is 2.24. The van der Waals surface area contributed by atoms with E-state index in [4.69, 9.17) is 33.2 Å². The lowest BCUT2D eigenvalue weighted by Crippen LogP contribution is -2.67. The lowest BCUT2D eigenvalue weighted by Gasteiger charge is -2.40. The van der Waals surface area contributed by atoms with E-state index in [-0.39, 0.29) is 6.92 Å². The molecule has 0 spiro atoms. The highest BCUT2D eigenvalue weighted by Gasteiger charge is 2.88. The molecule has 0 aliphatic carbocycles. The van der Waals surface area contributed by atoms with Crippen molar-refractivity contribution in [3.05, 3.63) is 0 Å². The first kappa shape index (κ1) is 22.3. The molecule has 15 heteroatoms. The second kappa shape index (κ2) is 5.69. The van der Waals surface area contributed by atoms with E-state index in [9.17, 15) is 48.3 Å². The van der Waals surface area contributed by atoms with Gasteiger partial charge in [-0.15, -0.1) is 33.2 Å². The largest absolute Gasteiger partial charge is 0.460 e. The first-order valence-electron chi connectivity index (χ1n) is 4.80. The first-order chi connectivity index (χ1) is 9.15. The van der Waals surface area contributed by atoms with Crippen LogP contribution >= 0.6 is 33.2 Å². The van der Waals surface area contributed by atoms with Crippen LogP contribution in [0.1, 0.15) is 6.92 Å². The van der Waals surface area contributed by atoms with E-state index in [1.807, 2.05) is 0 Å². The molecule has 0 bridgehead atoms. The molecule has 0 saturated carbocycles. The van der Waals surface area contributed by atoms with Crippen molar-refractivity contribution in [2.75, 3.05) is 0 Å². The van der Waals surface area contributed by atoms with Crippen LogP contribution in [0.15, 0.2) is 0 Å². The van der Waals surface area contributed by atoms with Crippen LogP contribution in [0.3, 0.4) is 0 Å². The lowest BCUT2D eigenvalue weighted by atomic mass is 9.96. The maximum absolute atomic E-state index is 13.4. The van der Waals surface area contributed by atoms with Crippen molar-refractivity contribution in [1.82, 2.24) is 0 Å². The molecule has 0 heterocycles. The van der Waals surface area contributed by atoms with Crippen LogP contribution in [0.25, 0.3) is 0 Å². The normalized spacial score (nSPS) is 17.6. The van der Waals surface area contributed by atoms with Gasteiger partial charge in [0.25, 0.3) is 0 Å². The summed E-state index contributed by atoms with van der Waals surface area (Å²) in [5, 5.41) is 0. The number of halogens is 14. The zero-order chi connectivity index (χ0) is 18.6. The monoisotopic (exact) mass is 430 g/mol. The molecular weight excluding hydrogens is 427 g/mol. The lowest BCUT2D eigenvalue weighted by molar-refractivity contribution is -0.422. The van der Waals surface area contributed by atoms with Gasteiger partial charge in [0.1, 0.15) is 0 Å². The Morgan fingerprint density at radius 1 is 0.636 bits per heavy atom. The number of hydrogen-bond donors (Lipinski definition) is 0. The molecule has 0 aliphatic rings. The molecule has 22 heavy (non-hydrogen) atoms. The minimum absolute atomic E-state index is 0.0228. The smallest absolute Gasteiger partial charge is 0.200 e. The quantitative estimate of drug-likeness (QED) is 0.279. The summed E-state index contributed by atoms with van der Waals surface area (Å²) in [6.45, 7) is 0.0228. The van der Waals surface area contributed by atoms with Gasteiger partial charge in [-0.2, -0.15) is 48.3 Å². The summed E-state index contributed by atoms with van der Waals surface area (Å²) in [6, 6.07) is -4.86. The van der Waals surface area contributed by atoms with Crippen LogP contribution in [0.4, 0.5) is 48.3 Å². The predicted molar refractivity (Wildman–Crippen MR) is 58.6 cm³/mol. The van der Waals surface area contributed by atoms with Gasteiger partial charge in [0.05, 0.1) is 5.54 Å². The van der Waals surface area contributed by atoms with Gasteiger partial charge in [-0.05, 0) is 0 Å². The average molecular weight is 432 g/mol. The van der Waals surface area contributed by atoms with E-state index in [0.29, 0.717) is 0 Å². The molecular formula is C7H4Cl3F11Si. The molecule has 0 amide bonds. The fraction of sp³-hybridized carbons (Fsp3) is 1.00. The summed E-state index contributed by atoms with van der Waals surface area (Å²) in [5.41, 5.74) is -3.19. The predicted octanol–water partition coefficient (Wildman–Crippen LogP) is 6.14. The third-order valence-electron chi connectivity index (χ3n) is 2.60. The molecule has 0 N–H and O–H groups in total. The molecule has 0 aromatic rings. The molecule has 0 fully saturated rings. The topological polar surface area (TPSA) is 0 Å². The molecule has 1 unspecified atom stereocenters. The minimum atomic E-state index is -7.49. The van der Waals surface area contributed by atoms with Gasteiger partial charge in [-0.1, -0.05) is 6.92 Å². The van der Waals surface area contributed by atoms with Gasteiger partial charge in [0.15, 0.2) is 0 Å². The SMILES string of the molecule is CC(C(F)(F)C(F)(F)C(F)(F)C(F)(F)C(F)(F)F)[Si](Cl)(Cl)Cl. The van der Waals surface area contributed by atoms with Crippen LogP contribution in [0, 0.1) is 0 Å². The molecule has 1 atom stereocenters. The fourth-order valence-corrected chi connectivity index (χ4v) is 2.89. The summed E-state index contributed by atoms with van der Waals surface area (Å²) < 4.78 is 139. The molecule has 0 aliphatic heterocycles. The van der Waals surface area contributed by atoms with Crippen LogP contribution in [0.5, 0.6) is 0 Å². The minimum Gasteiger partial charge on any atom is -0.200 e. The van der Waals surface area contributed by atoms with Crippen LogP contribution in [-0.2, 0) is 0 Å². The molecule has 0 aromatic heterocycles. The third-order valence-corrected chi connectivity index (χ3v) is 6.89. The van der Waals surface area contributed by atoms with Gasteiger partial charge in [0.2, 0.25) is 0 Å². The van der Waals surface area contributed by atoms with E-state index in [1.54, 1.807) is 0 Å². The fourth-order valence-electron chi connectivity index (χ4n) is 1.06. The van der Waals surface area contributed by atoms with Crippen molar-refractivity contribution in [2.24, 2.45) is 0 Å². The van der Waals surface area contributed by atoms with Gasteiger partial charge in [-0.25, -0.2) is 0 Å². The van der Waals surface area contributed by atoms with Crippen LogP contribution in [0.2, 0.25) is 5.54 Å². The van der Waals surface area contributed by atoms with E-state index in [1.165, 1.54) is 0 Å². The van der Waals surface area contributed by atoms with Crippen molar-refractivity contribution >= 4 is 39.2 Å². The van der Waals surface area contributed by atoms with E-state index >= 15 is 0 Å². The van der Waals surface area contributed by atoms with Crippen LogP contribution < -0.4 is 0 Å². The Labute approximate surface area is 130 Å². The Kier molecular flexibility index (Phi) is 5.77. The highest BCUT2D eigenvalue weighted by molar-refractivity contribution is 7.65. The number of hydrogen-bond acceptors (Lipinski definition) is 0. The first-order valence-corrected chi connectivity index (χ1v) is 9.91. The van der Waals surface area contributed by atoms with Crippen LogP contribution in [-0.4, -0.2) is 35.9 Å². The van der Waals surface area contributed by atoms with E-state index in [0.717, 1.165) is 0 Å². The van der Waals surface area contributed by atoms with Crippen molar-refractivity contribution in [3.63, 3.8) is 0 Å². The van der Waals surface area contributed by atoms with Crippen molar-refractivity contribution in [3.8, 4) is 0 Å². The van der Waals surface area contributed by atoms with Gasteiger partial charge >= 0.3 is 35.9 Å². The molecule has 0 aromatic carbocycles. The van der Waals surface area contributed by atoms with Gasteiger partial charge in [-0.3, -0.25) is 0 Å². The Balaban J connectivity index is 6.12. The van der Waals surface area contributed by atoms with Crippen molar-refractivity contribution in [2.45, 2.75) is 42.3 Å². The third kappa shape index (κ3) is 3.25. The van der Waals surface area contributed by atoms with Crippen molar-refractivity contribution in [1.29, 1.82) is 0 Å². The standard InChI is InChI=1S/C7H4Cl3F11Si/c1-2(22(8,9)10)3(11,12)4(13,14)5(15,16)6(17,18)7(19,20)21/h2H,1H3. The summed E-state index contributed by atoms with van der Waals surface area (Å²) in [7, 11) is 0. The highest BCUT2D eigenvalue weighted by atomic mass is 35.8. The number of rotatable bonds is 5. The van der Waals surface area contributed by atoms with Gasteiger partial charge in [0, 0.05) is 0 Å². The Morgan fingerprint density at radius 2 is 0.955 bits per heavy atom. The maximum atomic E-state index is 13.4. The zero-order valence-electron chi connectivity index (χ0n) is 9.87. The van der Waals surface area contributed by atoms with Gasteiger partial charge < -0.3 is 0 Å². The van der Waals surface area contributed by atoms with Crippen molar-refractivity contribution < 1.29 is 48.3 Å². The molecule has 0 radical (unpaired) electrons. The Hall–Kier alpha value is 0.317. The maximum Gasteiger partial charge on any atom is 0.460 e. The molecule has 0 nitrogen and oxygen atoms in total.